The van der Waals surface area contributed by atoms with Gasteiger partial charge in [0.2, 0.25) is 0 Å². The largest absolute Gasteiger partial charge is 0.481 e. The van der Waals surface area contributed by atoms with Crippen LogP contribution < -0.4 is 5.32 Å². The Bertz CT molecular complexity index is 903. The minimum absolute atomic E-state index is 0.0852. The van der Waals surface area contributed by atoms with Crippen molar-refractivity contribution in [2.24, 2.45) is 5.92 Å². The molecule has 0 unspecified atom stereocenters. The van der Waals surface area contributed by atoms with Crippen LogP contribution in [0.2, 0.25) is 0 Å². The van der Waals surface area contributed by atoms with Crippen LogP contribution in [-0.2, 0) is 11.3 Å². The highest BCUT2D eigenvalue weighted by Gasteiger charge is 2.38. The van der Waals surface area contributed by atoms with E-state index in [1.54, 1.807) is 23.2 Å². The summed E-state index contributed by atoms with van der Waals surface area (Å²) in [6, 6.07) is 13.2. The van der Waals surface area contributed by atoms with Crippen molar-refractivity contribution in [3.63, 3.8) is 0 Å². The van der Waals surface area contributed by atoms with Gasteiger partial charge in [-0.1, -0.05) is 44.2 Å². The van der Waals surface area contributed by atoms with E-state index in [9.17, 15) is 14.7 Å². The van der Waals surface area contributed by atoms with Gasteiger partial charge in [0.25, 0.3) is 5.91 Å². The number of nitrogens with zero attached hydrogens (tertiary/aromatic N) is 3. The van der Waals surface area contributed by atoms with Crippen LogP contribution in [0.3, 0.4) is 0 Å². The third-order valence-corrected chi connectivity index (χ3v) is 6.09. The zero-order valence-corrected chi connectivity index (χ0v) is 19.2. The molecule has 0 aliphatic carbocycles. The highest BCUT2D eigenvalue weighted by molar-refractivity contribution is 5.99. The fourth-order valence-corrected chi connectivity index (χ4v) is 4.21. The number of benzene rings is 1. The Morgan fingerprint density at radius 3 is 2.59 bits per heavy atom. The quantitative estimate of drug-likeness (QED) is 0.621. The molecule has 1 saturated heterocycles. The predicted molar refractivity (Wildman–Crippen MR) is 126 cm³/mol. The zero-order valence-electron chi connectivity index (χ0n) is 19.2. The standard InChI is InChI=1S/C25H34N4O3/c1-18(2)11-13-27-24-21(10-7-12-26-24)25(32)29-15-14-28(17-20-8-5-4-6-9-20)19(3)22(29)16-23(30)31/h4-10,12,18-19,22H,11,13-17H2,1-3H3,(H,26,27)(H,30,31)/t19-,22-/m1/s1. The number of carboxylic acid groups (broad SMARTS) is 1. The summed E-state index contributed by atoms with van der Waals surface area (Å²) in [5.74, 6) is 0.0423. The lowest BCUT2D eigenvalue weighted by atomic mass is 9.97. The first-order chi connectivity index (χ1) is 15.4. The smallest absolute Gasteiger partial charge is 0.305 e. The Balaban J connectivity index is 1.79. The van der Waals surface area contributed by atoms with Crippen LogP contribution in [-0.4, -0.2) is 63.5 Å². The fourth-order valence-electron chi connectivity index (χ4n) is 4.21. The molecule has 0 bridgehead atoms. The average molecular weight is 439 g/mol. The van der Waals surface area contributed by atoms with Crippen molar-refractivity contribution >= 4 is 17.7 Å². The summed E-state index contributed by atoms with van der Waals surface area (Å²) in [6.07, 6.45) is 2.55. The van der Waals surface area contributed by atoms with Gasteiger partial charge in [-0.15, -0.1) is 0 Å². The molecule has 7 heteroatoms. The summed E-state index contributed by atoms with van der Waals surface area (Å²) in [4.78, 5) is 33.6. The SMILES string of the molecule is CC(C)CCNc1ncccc1C(=O)N1CCN(Cc2ccccc2)[C@H](C)[C@H]1CC(=O)O. The van der Waals surface area contributed by atoms with Gasteiger partial charge in [0.1, 0.15) is 5.82 Å². The third kappa shape index (κ3) is 6.07. The fraction of sp³-hybridized carbons (Fsp3) is 0.480. The molecule has 0 saturated carbocycles. The van der Waals surface area contributed by atoms with Gasteiger partial charge in [-0.3, -0.25) is 14.5 Å². The highest BCUT2D eigenvalue weighted by Crippen LogP contribution is 2.26. The van der Waals surface area contributed by atoms with Crippen molar-refractivity contribution in [1.82, 2.24) is 14.8 Å². The van der Waals surface area contributed by atoms with Crippen LogP contribution in [0, 0.1) is 5.92 Å². The number of amides is 1. The Labute approximate surface area is 190 Å². The number of carbonyl (C=O) groups is 2. The normalized spacial score (nSPS) is 19.2. The molecule has 2 N–H and O–H groups in total. The molecule has 172 valence electrons. The maximum atomic E-state index is 13.6. The molecule has 1 fully saturated rings. The van der Waals surface area contributed by atoms with Crippen molar-refractivity contribution < 1.29 is 14.7 Å². The van der Waals surface area contributed by atoms with Gasteiger partial charge in [-0.05, 0) is 37.0 Å². The molecule has 0 radical (unpaired) electrons. The lowest BCUT2D eigenvalue weighted by molar-refractivity contribution is -0.139. The van der Waals surface area contributed by atoms with Gasteiger partial charge < -0.3 is 15.3 Å². The van der Waals surface area contributed by atoms with Gasteiger partial charge in [0, 0.05) is 38.4 Å². The molecular formula is C25H34N4O3. The Hall–Kier alpha value is -2.93. The molecule has 3 rings (SSSR count). The number of hydrogen-bond donors (Lipinski definition) is 2. The second-order valence-electron chi connectivity index (χ2n) is 8.87. The summed E-state index contributed by atoms with van der Waals surface area (Å²) in [6.45, 7) is 8.95. The van der Waals surface area contributed by atoms with Crippen LogP contribution in [0.25, 0.3) is 0 Å². The monoisotopic (exact) mass is 438 g/mol. The van der Waals surface area contributed by atoms with E-state index in [2.05, 4.69) is 41.2 Å². The minimum Gasteiger partial charge on any atom is -0.481 e. The predicted octanol–water partition coefficient (Wildman–Crippen LogP) is 3.73. The van der Waals surface area contributed by atoms with Crippen LogP contribution >= 0.6 is 0 Å². The first kappa shape index (κ1) is 23.7. The average Bonchev–Trinajstić information content (AvgIpc) is 2.77. The van der Waals surface area contributed by atoms with E-state index >= 15 is 0 Å². The first-order valence-corrected chi connectivity index (χ1v) is 11.4. The third-order valence-electron chi connectivity index (χ3n) is 6.09. The first-order valence-electron chi connectivity index (χ1n) is 11.4. The molecule has 2 heterocycles. The molecule has 7 nitrogen and oxygen atoms in total. The highest BCUT2D eigenvalue weighted by atomic mass is 16.4. The molecule has 1 aromatic carbocycles. The molecule has 2 atom stereocenters. The molecule has 1 aliphatic rings. The zero-order chi connectivity index (χ0) is 23.1. The maximum absolute atomic E-state index is 13.6. The van der Waals surface area contributed by atoms with Crippen molar-refractivity contribution in [1.29, 1.82) is 0 Å². The van der Waals surface area contributed by atoms with E-state index in [1.165, 1.54) is 5.56 Å². The Kier molecular flexibility index (Phi) is 8.22. The molecule has 32 heavy (non-hydrogen) atoms. The van der Waals surface area contributed by atoms with Gasteiger partial charge in [0.15, 0.2) is 0 Å². The summed E-state index contributed by atoms with van der Waals surface area (Å²) in [5, 5.41) is 12.9. The molecule has 2 aromatic rings. The van der Waals surface area contributed by atoms with Gasteiger partial charge in [-0.2, -0.15) is 0 Å². The number of piperazine rings is 1. The topological polar surface area (TPSA) is 85.8 Å². The molecule has 0 spiro atoms. The number of aromatic nitrogens is 1. The van der Waals surface area contributed by atoms with Gasteiger partial charge in [-0.25, -0.2) is 4.98 Å². The number of anilines is 1. The van der Waals surface area contributed by atoms with E-state index in [0.29, 0.717) is 30.4 Å². The molecular weight excluding hydrogens is 404 g/mol. The lowest BCUT2D eigenvalue weighted by Crippen LogP contribution is -2.60. The Morgan fingerprint density at radius 1 is 1.16 bits per heavy atom. The van der Waals surface area contributed by atoms with Crippen LogP contribution in [0.1, 0.15) is 49.5 Å². The lowest BCUT2D eigenvalue weighted by Gasteiger charge is -2.46. The minimum atomic E-state index is -0.900. The van der Waals surface area contributed by atoms with E-state index in [4.69, 9.17) is 0 Å². The number of hydrogen-bond acceptors (Lipinski definition) is 5. The summed E-state index contributed by atoms with van der Waals surface area (Å²) < 4.78 is 0. The molecule has 1 amide bonds. The summed E-state index contributed by atoms with van der Waals surface area (Å²) in [5.41, 5.74) is 1.67. The van der Waals surface area contributed by atoms with Crippen LogP contribution in [0.4, 0.5) is 5.82 Å². The number of aliphatic carboxylic acids is 1. The van der Waals surface area contributed by atoms with E-state index in [-0.39, 0.29) is 18.4 Å². The van der Waals surface area contributed by atoms with Gasteiger partial charge in [0.05, 0.1) is 18.0 Å². The van der Waals surface area contributed by atoms with Crippen LogP contribution in [0.5, 0.6) is 0 Å². The Morgan fingerprint density at radius 2 is 1.91 bits per heavy atom. The summed E-state index contributed by atoms with van der Waals surface area (Å²) in [7, 11) is 0. The van der Waals surface area contributed by atoms with E-state index < -0.39 is 12.0 Å². The van der Waals surface area contributed by atoms with Gasteiger partial charge >= 0.3 is 5.97 Å². The number of carboxylic acids is 1. The second kappa shape index (κ2) is 11.1. The van der Waals surface area contributed by atoms with E-state index in [0.717, 1.165) is 19.5 Å². The van der Waals surface area contributed by atoms with Crippen molar-refractivity contribution in [2.45, 2.75) is 52.2 Å². The number of nitrogens with one attached hydrogen (secondary N) is 1. The number of pyridine rings is 1. The van der Waals surface area contributed by atoms with Crippen molar-refractivity contribution in [2.75, 3.05) is 25.0 Å². The summed E-state index contributed by atoms with van der Waals surface area (Å²) >= 11 is 0. The molecule has 1 aromatic heterocycles. The van der Waals surface area contributed by atoms with E-state index in [1.807, 2.05) is 25.1 Å². The maximum Gasteiger partial charge on any atom is 0.305 e. The molecule has 1 aliphatic heterocycles. The van der Waals surface area contributed by atoms with Crippen molar-refractivity contribution in [3.05, 3.63) is 59.8 Å². The number of rotatable bonds is 9. The van der Waals surface area contributed by atoms with Crippen LogP contribution in [0.15, 0.2) is 48.7 Å². The number of carbonyl (C=O) groups excluding carboxylic acids is 1. The van der Waals surface area contributed by atoms with Crippen molar-refractivity contribution in [3.8, 4) is 0 Å². The second-order valence-corrected chi connectivity index (χ2v) is 8.87.